The van der Waals surface area contributed by atoms with Gasteiger partial charge in [0.05, 0.1) is 7.11 Å². The molecule has 0 fully saturated rings. The maximum absolute atomic E-state index is 10.4. The Kier molecular flexibility index (Phi) is 4.81. The summed E-state index contributed by atoms with van der Waals surface area (Å²) in [7, 11) is 1.27. The fourth-order valence-corrected chi connectivity index (χ4v) is 0.454. The third-order valence-electron chi connectivity index (χ3n) is 0.980. The lowest BCUT2D eigenvalue weighted by atomic mass is 10.3. The minimum absolute atomic E-state index is 0.0352. The van der Waals surface area contributed by atoms with E-state index in [2.05, 4.69) is 4.74 Å². The fourth-order valence-electron chi connectivity index (χ4n) is 0.454. The van der Waals surface area contributed by atoms with Gasteiger partial charge in [-0.05, 0) is 6.42 Å². The molecule has 0 aromatic rings. The Morgan fingerprint density at radius 2 is 2.18 bits per heavy atom. The van der Waals surface area contributed by atoms with Crippen molar-refractivity contribution in [2.75, 3.05) is 7.11 Å². The monoisotopic (exact) mass is 158 g/mol. The SMILES string of the molecule is COC(=O)C=CCCC(=O)O. The third-order valence-corrected chi connectivity index (χ3v) is 0.980. The number of allylic oxidation sites excluding steroid dienone is 1. The maximum Gasteiger partial charge on any atom is 0.330 e. The molecule has 4 heteroatoms. The lowest BCUT2D eigenvalue weighted by molar-refractivity contribution is -0.137. The molecular weight excluding hydrogens is 148 g/mol. The zero-order valence-electron chi connectivity index (χ0n) is 6.24. The van der Waals surface area contributed by atoms with Crippen LogP contribution in [0, 0.1) is 0 Å². The second kappa shape index (κ2) is 5.46. The van der Waals surface area contributed by atoms with Crippen molar-refractivity contribution in [3.8, 4) is 0 Å². The van der Waals surface area contributed by atoms with Gasteiger partial charge in [0, 0.05) is 12.5 Å². The first-order valence-electron chi connectivity index (χ1n) is 3.13. The summed E-state index contributed by atoms with van der Waals surface area (Å²) in [6, 6.07) is 0. The van der Waals surface area contributed by atoms with Gasteiger partial charge in [-0.25, -0.2) is 4.79 Å². The van der Waals surface area contributed by atoms with Gasteiger partial charge in [0.1, 0.15) is 0 Å². The molecule has 0 rings (SSSR count). The van der Waals surface area contributed by atoms with E-state index in [1.165, 1.54) is 19.3 Å². The predicted octanol–water partition coefficient (Wildman–Crippen LogP) is 0.580. The average Bonchev–Trinajstić information content (AvgIpc) is 1.97. The highest BCUT2D eigenvalue weighted by Crippen LogP contribution is 1.90. The molecule has 1 N–H and O–H groups in total. The van der Waals surface area contributed by atoms with Crippen molar-refractivity contribution >= 4 is 11.9 Å². The Bertz CT molecular complexity index is 171. The molecule has 0 atom stereocenters. The van der Waals surface area contributed by atoms with Gasteiger partial charge in [-0.15, -0.1) is 0 Å². The molecule has 0 aromatic carbocycles. The van der Waals surface area contributed by atoms with E-state index in [0.717, 1.165) is 0 Å². The third kappa shape index (κ3) is 6.57. The highest BCUT2D eigenvalue weighted by molar-refractivity contribution is 5.81. The van der Waals surface area contributed by atoms with E-state index in [0.29, 0.717) is 6.42 Å². The molecule has 0 aromatic heterocycles. The van der Waals surface area contributed by atoms with E-state index in [1.54, 1.807) is 0 Å². The van der Waals surface area contributed by atoms with Crippen LogP contribution in [0.25, 0.3) is 0 Å². The van der Waals surface area contributed by atoms with Crippen LogP contribution in [-0.4, -0.2) is 24.2 Å². The van der Waals surface area contributed by atoms with Gasteiger partial charge in [-0.3, -0.25) is 4.79 Å². The zero-order chi connectivity index (χ0) is 8.69. The highest BCUT2D eigenvalue weighted by Gasteiger charge is 1.93. The summed E-state index contributed by atoms with van der Waals surface area (Å²) in [6.07, 6.45) is 3.07. The Labute approximate surface area is 64.5 Å². The second-order valence-electron chi connectivity index (χ2n) is 1.86. The summed E-state index contributed by atoms with van der Waals surface area (Å²) in [4.78, 5) is 20.4. The number of hydrogen-bond donors (Lipinski definition) is 1. The van der Waals surface area contributed by atoms with Gasteiger partial charge in [-0.2, -0.15) is 0 Å². The van der Waals surface area contributed by atoms with Gasteiger partial charge >= 0.3 is 11.9 Å². The number of carboxylic acids is 1. The van der Waals surface area contributed by atoms with Crippen molar-refractivity contribution in [3.05, 3.63) is 12.2 Å². The average molecular weight is 158 g/mol. The van der Waals surface area contributed by atoms with Crippen LogP contribution in [-0.2, 0) is 14.3 Å². The summed E-state index contributed by atoms with van der Waals surface area (Å²) < 4.78 is 4.28. The number of carboxylic acid groups (broad SMARTS) is 1. The lowest BCUT2D eigenvalue weighted by Gasteiger charge is -1.88. The van der Waals surface area contributed by atoms with E-state index in [-0.39, 0.29) is 6.42 Å². The molecule has 11 heavy (non-hydrogen) atoms. The largest absolute Gasteiger partial charge is 0.481 e. The zero-order valence-corrected chi connectivity index (χ0v) is 6.24. The van der Waals surface area contributed by atoms with Gasteiger partial charge in [0.25, 0.3) is 0 Å². The molecule has 0 aliphatic rings. The van der Waals surface area contributed by atoms with Crippen LogP contribution in [0.4, 0.5) is 0 Å². The summed E-state index contributed by atoms with van der Waals surface area (Å²) in [5.41, 5.74) is 0. The summed E-state index contributed by atoms with van der Waals surface area (Å²) in [6.45, 7) is 0. The Balaban J connectivity index is 3.45. The summed E-state index contributed by atoms with van der Waals surface area (Å²) in [5, 5.41) is 8.19. The molecule has 0 radical (unpaired) electrons. The predicted molar refractivity (Wildman–Crippen MR) is 38.0 cm³/mol. The summed E-state index contributed by atoms with van der Waals surface area (Å²) in [5.74, 6) is -1.34. The van der Waals surface area contributed by atoms with Crippen molar-refractivity contribution in [1.29, 1.82) is 0 Å². The van der Waals surface area contributed by atoms with Gasteiger partial charge in [0.2, 0.25) is 0 Å². The number of ether oxygens (including phenoxy) is 1. The standard InChI is InChI=1S/C7H10O4/c1-11-7(10)5-3-2-4-6(8)9/h3,5H,2,4H2,1H3,(H,8,9). The van der Waals surface area contributed by atoms with Gasteiger partial charge in [0.15, 0.2) is 0 Å². The van der Waals surface area contributed by atoms with E-state index >= 15 is 0 Å². The first-order valence-corrected chi connectivity index (χ1v) is 3.13. The molecule has 0 aliphatic heterocycles. The molecule has 0 aliphatic carbocycles. The molecule has 62 valence electrons. The van der Waals surface area contributed by atoms with E-state index in [4.69, 9.17) is 5.11 Å². The van der Waals surface area contributed by atoms with Crippen molar-refractivity contribution in [2.24, 2.45) is 0 Å². The van der Waals surface area contributed by atoms with Crippen molar-refractivity contribution in [1.82, 2.24) is 0 Å². The normalized spacial score (nSPS) is 9.91. The van der Waals surface area contributed by atoms with Crippen molar-refractivity contribution in [2.45, 2.75) is 12.8 Å². The number of methoxy groups -OCH3 is 1. The lowest BCUT2D eigenvalue weighted by Crippen LogP contribution is -1.95. The van der Waals surface area contributed by atoms with E-state index in [1.807, 2.05) is 0 Å². The van der Waals surface area contributed by atoms with E-state index < -0.39 is 11.9 Å². The molecule has 0 spiro atoms. The number of aliphatic carboxylic acids is 1. The highest BCUT2D eigenvalue weighted by atomic mass is 16.5. The quantitative estimate of drug-likeness (QED) is 0.480. The molecule has 0 unspecified atom stereocenters. The maximum atomic E-state index is 10.4. The number of carbonyl (C=O) groups excluding carboxylic acids is 1. The van der Waals surface area contributed by atoms with E-state index in [9.17, 15) is 9.59 Å². The van der Waals surface area contributed by atoms with Crippen LogP contribution in [0.1, 0.15) is 12.8 Å². The molecule has 0 amide bonds. The van der Waals surface area contributed by atoms with Crippen LogP contribution in [0.5, 0.6) is 0 Å². The Morgan fingerprint density at radius 1 is 1.55 bits per heavy atom. The second-order valence-corrected chi connectivity index (χ2v) is 1.86. The first-order chi connectivity index (χ1) is 5.16. The first kappa shape index (κ1) is 9.68. The topological polar surface area (TPSA) is 63.6 Å². The molecule has 0 saturated heterocycles. The minimum atomic E-state index is -0.875. The van der Waals surface area contributed by atoms with Crippen LogP contribution < -0.4 is 0 Å². The smallest absolute Gasteiger partial charge is 0.330 e. The molecular formula is C7H10O4. The number of carbonyl (C=O) groups is 2. The summed E-state index contributed by atoms with van der Waals surface area (Å²) >= 11 is 0. The van der Waals surface area contributed by atoms with Gasteiger partial charge in [-0.1, -0.05) is 6.08 Å². The van der Waals surface area contributed by atoms with Crippen LogP contribution in [0.15, 0.2) is 12.2 Å². The fraction of sp³-hybridized carbons (Fsp3) is 0.429. The number of rotatable bonds is 4. The van der Waals surface area contributed by atoms with Crippen LogP contribution in [0.2, 0.25) is 0 Å². The number of esters is 1. The number of hydrogen-bond acceptors (Lipinski definition) is 3. The molecule has 0 heterocycles. The Hall–Kier alpha value is -1.32. The van der Waals surface area contributed by atoms with Crippen molar-refractivity contribution < 1.29 is 19.4 Å². The molecule has 0 saturated carbocycles. The van der Waals surface area contributed by atoms with Crippen LogP contribution in [0.3, 0.4) is 0 Å². The van der Waals surface area contributed by atoms with Gasteiger partial charge < -0.3 is 9.84 Å². The van der Waals surface area contributed by atoms with Crippen LogP contribution >= 0.6 is 0 Å². The molecule has 4 nitrogen and oxygen atoms in total. The minimum Gasteiger partial charge on any atom is -0.481 e. The molecule has 0 bridgehead atoms. The Morgan fingerprint density at radius 3 is 2.64 bits per heavy atom. The van der Waals surface area contributed by atoms with Crippen molar-refractivity contribution in [3.63, 3.8) is 0 Å².